The van der Waals surface area contributed by atoms with Gasteiger partial charge in [0, 0.05) is 19.7 Å². The predicted molar refractivity (Wildman–Crippen MR) is 64.2 cm³/mol. The molecule has 0 aromatic carbocycles. The third kappa shape index (κ3) is 4.48. The van der Waals surface area contributed by atoms with Crippen LogP contribution >= 0.6 is 0 Å². The van der Waals surface area contributed by atoms with Gasteiger partial charge in [-0.2, -0.15) is 5.26 Å². The van der Waals surface area contributed by atoms with Crippen LogP contribution < -0.4 is 5.32 Å². The molecular weight excluding hydrogens is 202 g/mol. The first kappa shape index (κ1) is 13.4. The van der Waals surface area contributed by atoms with Crippen molar-refractivity contribution in [3.8, 4) is 6.07 Å². The lowest BCUT2D eigenvalue weighted by Crippen LogP contribution is -2.41. The SMILES string of the molecule is CCOC1CCCN(CCC(C#N)NC)C1. The van der Waals surface area contributed by atoms with Crippen LogP contribution in [0.1, 0.15) is 26.2 Å². The van der Waals surface area contributed by atoms with E-state index in [0.29, 0.717) is 6.10 Å². The highest BCUT2D eigenvalue weighted by atomic mass is 16.5. The Hall–Kier alpha value is -0.630. The molecule has 4 heteroatoms. The van der Waals surface area contributed by atoms with Gasteiger partial charge < -0.3 is 15.0 Å². The second-order valence-corrected chi connectivity index (χ2v) is 4.28. The molecule has 0 radical (unpaired) electrons. The minimum absolute atomic E-state index is 0.0209. The van der Waals surface area contributed by atoms with E-state index in [1.807, 2.05) is 14.0 Å². The number of piperidine rings is 1. The van der Waals surface area contributed by atoms with Crippen LogP contribution in [-0.4, -0.2) is 50.3 Å². The van der Waals surface area contributed by atoms with Crippen molar-refractivity contribution < 1.29 is 4.74 Å². The largest absolute Gasteiger partial charge is 0.377 e. The monoisotopic (exact) mass is 225 g/mol. The van der Waals surface area contributed by atoms with Crippen LogP contribution in [0.15, 0.2) is 0 Å². The quantitative estimate of drug-likeness (QED) is 0.732. The van der Waals surface area contributed by atoms with Crippen LogP contribution in [0.5, 0.6) is 0 Å². The van der Waals surface area contributed by atoms with Crippen LogP contribution in [0.25, 0.3) is 0 Å². The summed E-state index contributed by atoms with van der Waals surface area (Å²) in [7, 11) is 1.84. The predicted octanol–water partition coefficient (Wildman–Crippen LogP) is 0.989. The zero-order chi connectivity index (χ0) is 11.8. The van der Waals surface area contributed by atoms with Crippen molar-refractivity contribution in [2.45, 2.75) is 38.3 Å². The zero-order valence-corrected chi connectivity index (χ0v) is 10.4. The van der Waals surface area contributed by atoms with E-state index in [9.17, 15) is 0 Å². The van der Waals surface area contributed by atoms with Crippen LogP contribution in [0.4, 0.5) is 0 Å². The fraction of sp³-hybridized carbons (Fsp3) is 0.917. The van der Waals surface area contributed by atoms with Gasteiger partial charge in [0.2, 0.25) is 0 Å². The molecule has 1 rings (SSSR count). The maximum absolute atomic E-state index is 8.84. The third-order valence-corrected chi connectivity index (χ3v) is 3.10. The molecule has 0 spiro atoms. The Balaban J connectivity index is 2.24. The van der Waals surface area contributed by atoms with E-state index in [-0.39, 0.29) is 6.04 Å². The van der Waals surface area contributed by atoms with Gasteiger partial charge >= 0.3 is 0 Å². The first-order chi connectivity index (χ1) is 7.80. The van der Waals surface area contributed by atoms with Gasteiger partial charge in [0.1, 0.15) is 0 Å². The lowest BCUT2D eigenvalue weighted by atomic mass is 10.1. The van der Waals surface area contributed by atoms with Gasteiger partial charge in [-0.15, -0.1) is 0 Å². The molecule has 1 saturated heterocycles. The van der Waals surface area contributed by atoms with Gasteiger partial charge in [-0.3, -0.25) is 0 Å². The molecule has 1 aliphatic heterocycles. The Morgan fingerprint density at radius 3 is 3.06 bits per heavy atom. The topological polar surface area (TPSA) is 48.3 Å². The number of hydrogen-bond acceptors (Lipinski definition) is 4. The highest BCUT2D eigenvalue weighted by Gasteiger charge is 2.20. The van der Waals surface area contributed by atoms with Gasteiger partial charge in [0.05, 0.1) is 18.2 Å². The van der Waals surface area contributed by atoms with Crippen molar-refractivity contribution in [1.82, 2.24) is 10.2 Å². The molecule has 1 fully saturated rings. The molecular formula is C12H23N3O. The van der Waals surface area contributed by atoms with E-state index in [2.05, 4.69) is 16.3 Å². The molecule has 16 heavy (non-hydrogen) atoms. The summed E-state index contributed by atoms with van der Waals surface area (Å²) in [5, 5.41) is 11.8. The van der Waals surface area contributed by atoms with E-state index in [0.717, 1.165) is 32.7 Å². The fourth-order valence-electron chi connectivity index (χ4n) is 2.17. The number of ether oxygens (including phenoxy) is 1. The fourth-order valence-corrected chi connectivity index (χ4v) is 2.17. The van der Waals surface area contributed by atoms with Crippen LogP contribution in [0.2, 0.25) is 0 Å². The van der Waals surface area contributed by atoms with E-state index < -0.39 is 0 Å². The summed E-state index contributed by atoms with van der Waals surface area (Å²) in [5.41, 5.74) is 0. The second kappa shape index (κ2) is 7.61. The number of nitrogens with one attached hydrogen (secondary N) is 1. The van der Waals surface area contributed by atoms with Crippen molar-refractivity contribution in [2.24, 2.45) is 0 Å². The summed E-state index contributed by atoms with van der Waals surface area (Å²) in [5.74, 6) is 0. The third-order valence-electron chi connectivity index (χ3n) is 3.10. The number of hydrogen-bond donors (Lipinski definition) is 1. The summed E-state index contributed by atoms with van der Waals surface area (Å²) in [6.07, 6.45) is 3.68. The Labute approximate surface area is 98.6 Å². The lowest BCUT2D eigenvalue weighted by molar-refractivity contribution is 0.00544. The number of nitriles is 1. The summed E-state index contributed by atoms with van der Waals surface area (Å²) in [6, 6.07) is 2.24. The van der Waals surface area contributed by atoms with Gasteiger partial charge in [-0.1, -0.05) is 0 Å². The van der Waals surface area contributed by atoms with Crippen molar-refractivity contribution >= 4 is 0 Å². The maximum atomic E-state index is 8.84. The van der Waals surface area contributed by atoms with Gasteiger partial charge in [-0.25, -0.2) is 0 Å². The number of rotatable bonds is 6. The lowest BCUT2D eigenvalue weighted by Gasteiger charge is -2.32. The van der Waals surface area contributed by atoms with Crippen LogP contribution in [0, 0.1) is 11.3 Å². The molecule has 0 bridgehead atoms. The summed E-state index contributed by atoms with van der Waals surface area (Å²) in [4.78, 5) is 2.41. The molecule has 0 aliphatic carbocycles. The van der Waals surface area contributed by atoms with Crippen molar-refractivity contribution in [3.63, 3.8) is 0 Å². The van der Waals surface area contributed by atoms with Crippen LogP contribution in [-0.2, 0) is 4.74 Å². The summed E-state index contributed by atoms with van der Waals surface area (Å²) < 4.78 is 5.65. The average molecular weight is 225 g/mol. The molecule has 1 aliphatic rings. The van der Waals surface area contributed by atoms with Gasteiger partial charge in [0.15, 0.2) is 0 Å². The maximum Gasteiger partial charge on any atom is 0.0962 e. The summed E-state index contributed by atoms with van der Waals surface area (Å²) in [6.45, 7) is 6.01. The van der Waals surface area contributed by atoms with Crippen molar-refractivity contribution in [1.29, 1.82) is 5.26 Å². The molecule has 0 aromatic heterocycles. The molecule has 1 heterocycles. The molecule has 1 N–H and O–H groups in total. The average Bonchev–Trinajstić information content (AvgIpc) is 2.31. The van der Waals surface area contributed by atoms with E-state index in [4.69, 9.17) is 10.00 Å². The van der Waals surface area contributed by atoms with E-state index in [1.54, 1.807) is 0 Å². The standard InChI is InChI=1S/C12H23N3O/c1-3-16-12-5-4-7-15(10-12)8-6-11(9-13)14-2/h11-12,14H,3-8,10H2,1-2H3. The smallest absolute Gasteiger partial charge is 0.0962 e. The molecule has 0 amide bonds. The molecule has 4 nitrogen and oxygen atoms in total. The van der Waals surface area contributed by atoms with Crippen molar-refractivity contribution in [3.05, 3.63) is 0 Å². The minimum Gasteiger partial charge on any atom is -0.377 e. The molecule has 0 aromatic rings. The number of nitrogens with zero attached hydrogens (tertiary/aromatic N) is 2. The van der Waals surface area contributed by atoms with E-state index in [1.165, 1.54) is 12.8 Å². The minimum atomic E-state index is -0.0209. The highest BCUT2D eigenvalue weighted by molar-refractivity contribution is 4.89. The van der Waals surface area contributed by atoms with Crippen molar-refractivity contribution in [2.75, 3.05) is 33.3 Å². The molecule has 92 valence electrons. The zero-order valence-electron chi connectivity index (χ0n) is 10.4. The second-order valence-electron chi connectivity index (χ2n) is 4.28. The first-order valence-electron chi connectivity index (χ1n) is 6.21. The number of likely N-dealkylation sites (tertiary alicyclic amines) is 1. The molecule has 2 unspecified atom stereocenters. The molecule has 0 saturated carbocycles. The van der Waals surface area contributed by atoms with Gasteiger partial charge in [0.25, 0.3) is 0 Å². The Morgan fingerprint density at radius 2 is 2.44 bits per heavy atom. The molecule has 2 atom stereocenters. The Morgan fingerprint density at radius 1 is 1.62 bits per heavy atom. The van der Waals surface area contributed by atoms with E-state index >= 15 is 0 Å². The normalized spacial score (nSPS) is 23.9. The summed E-state index contributed by atoms with van der Waals surface area (Å²) >= 11 is 0. The first-order valence-corrected chi connectivity index (χ1v) is 6.21. The highest BCUT2D eigenvalue weighted by Crippen LogP contribution is 2.13. The van der Waals surface area contributed by atoms with Crippen LogP contribution in [0.3, 0.4) is 0 Å². The Kier molecular flexibility index (Phi) is 6.39. The van der Waals surface area contributed by atoms with Gasteiger partial charge in [-0.05, 0) is 39.8 Å². The Bertz CT molecular complexity index is 225.